The van der Waals surface area contributed by atoms with E-state index in [0.29, 0.717) is 30.3 Å². The number of fused-ring (bicyclic) bond motifs is 1. The number of anilines is 4. The van der Waals surface area contributed by atoms with Gasteiger partial charge in [0.25, 0.3) is 5.91 Å². The summed E-state index contributed by atoms with van der Waals surface area (Å²) >= 11 is 0. The highest BCUT2D eigenvalue weighted by Crippen LogP contribution is 2.33. The van der Waals surface area contributed by atoms with Crippen molar-refractivity contribution >= 4 is 28.8 Å². The Hall–Kier alpha value is -3.74. The normalized spacial score (nSPS) is 12.2. The molecule has 0 radical (unpaired) electrons. The number of carbonyl (C=O) groups excluding carboxylic acids is 1. The first kappa shape index (κ1) is 18.6. The van der Waals surface area contributed by atoms with E-state index in [1.165, 1.54) is 0 Å². The molecule has 1 aliphatic rings. The second-order valence-corrected chi connectivity index (χ2v) is 6.81. The van der Waals surface area contributed by atoms with Gasteiger partial charge in [0, 0.05) is 43.4 Å². The third kappa shape index (κ3) is 4.40. The fourth-order valence-corrected chi connectivity index (χ4v) is 2.92. The van der Waals surface area contributed by atoms with Gasteiger partial charge in [0.1, 0.15) is 19.0 Å². The summed E-state index contributed by atoms with van der Waals surface area (Å²) < 4.78 is 11.1. The SMILES string of the molecule is CN(C)c1ccc(NC(=O)c2ccc(Nc3ccc4c(c3)OCCO4)nc2)cc1. The fourth-order valence-electron chi connectivity index (χ4n) is 2.92. The highest BCUT2D eigenvalue weighted by molar-refractivity contribution is 6.04. The van der Waals surface area contributed by atoms with E-state index in [4.69, 9.17) is 9.47 Å². The average molecular weight is 390 g/mol. The largest absolute Gasteiger partial charge is 0.486 e. The average Bonchev–Trinajstić information content (AvgIpc) is 2.74. The number of pyridine rings is 1. The van der Waals surface area contributed by atoms with E-state index < -0.39 is 0 Å². The van der Waals surface area contributed by atoms with Gasteiger partial charge in [-0.3, -0.25) is 4.79 Å². The van der Waals surface area contributed by atoms with Gasteiger partial charge in [-0.1, -0.05) is 0 Å². The highest BCUT2D eigenvalue weighted by atomic mass is 16.6. The molecule has 0 unspecified atom stereocenters. The van der Waals surface area contributed by atoms with Crippen LogP contribution in [0, 0.1) is 0 Å². The minimum absolute atomic E-state index is 0.207. The number of carbonyl (C=O) groups is 1. The van der Waals surface area contributed by atoms with Crippen LogP contribution in [0.3, 0.4) is 0 Å². The Balaban J connectivity index is 1.40. The molecule has 1 amide bonds. The molecule has 1 aliphatic heterocycles. The molecule has 2 heterocycles. The molecule has 7 nitrogen and oxygen atoms in total. The topological polar surface area (TPSA) is 75.7 Å². The first-order valence-electron chi connectivity index (χ1n) is 9.30. The molecule has 29 heavy (non-hydrogen) atoms. The number of amides is 1. The van der Waals surface area contributed by atoms with Crippen molar-refractivity contribution in [2.24, 2.45) is 0 Å². The first-order chi connectivity index (χ1) is 14.1. The summed E-state index contributed by atoms with van der Waals surface area (Å²) in [7, 11) is 3.94. The molecular weight excluding hydrogens is 368 g/mol. The number of nitrogens with one attached hydrogen (secondary N) is 2. The monoisotopic (exact) mass is 390 g/mol. The molecule has 2 aromatic carbocycles. The predicted molar refractivity (Wildman–Crippen MR) is 114 cm³/mol. The Morgan fingerprint density at radius 3 is 2.34 bits per heavy atom. The number of aromatic nitrogens is 1. The molecule has 148 valence electrons. The standard InChI is InChI=1S/C22H22N4O3/c1-26(2)18-7-4-16(5-8-18)25-22(27)15-3-10-21(23-14-15)24-17-6-9-19-20(13-17)29-12-11-28-19/h3-10,13-14H,11-12H2,1-2H3,(H,23,24)(H,25,27). The molecule has 4 rings (SSSR count). The number of rotatable bonds is 5. The first-order valence-corrected chi connectivity index (χ1v) is 9.30. The van der Waals surface area contributed by atoms with Crippen LogP contribution in [0.2, 0.25) is 0 Å². The maximum Gasteiger partial charge on any atom is 0.257 e. The van der Waals surface area contributed by atoms with E-state index in [2.05, 4.69) is 15.6 Å². The molecule has 1 aromatic heterocycles. The van der Waals surface area contributed by atoms with Crippen LogP contribution >= 0.6 is 0 Å². The van der Waals surface area contributed by atoms with Gasteiger partial charge in [-0.15, -0.1) is 0 Å². The zero-order valence-electron chi connectivity index (χ0n) is 16.3. The van der Waals surface area contributed by atoms with Gasteiger partial charge < -0.3 is 25.0 Å². The lowest BCUT2D eigenvalue weighted by molar-refractivity contribution is 0.102. The predicted octanol–water partition coefficient (Wildman–Crippen LogP) is 3.91. The van der Waals surface area contributed by atoms with Crippen molar-refractivity contribution in [3.05, 3.63) is 66.4 Å². The number of nitrogens with zero attached hydrogens (tertiary/aromatic N) is 2. The van der Waals surface area contributed by atoms with Crippen LogP contribution in [0.5, 0.6) is 11.5 Å². The zero-order chi connectivity index (χ0) is 20.2. The summed E-state index contributed by atoms with van der Waals surface area (Å²) in [6, 6.07) is 16.8. The van der Waals surface area contributed by atoms with Gasteiger partial charge in [-0.05, 0) is 48.5 Å². The van der Waals surface area contributed by atoms with E-state index in [1.54, 1.807) is 18.3 Å². The van der Waals surface area contributed by atoms with Gasteiger partial charge in [0.2, 0.25) is 0 Å². The minimum atomic E-state index is -0.207. The molecule has 0 atom stereocenters. The lowest BCUT2D eigenvalue weighted by atomic mass is 10.2. The maximum absolute atomic E-state index is 12.5. The molecule has 0 bridgehead atoms. The summed E-state index contributed by atoms with van der Waals surface area (Å²) in [6.07, 6.45) is 1.55. The molecule has 7 heteroatoms. The third-order valence-electron chi connectivity index (χ3n) is 4.48. The Kier molecular flexibility index (Phi) is 5.20. The van der Waals surface area contributed by atoms with Gasteiger partial charge >= 0.3 is 0 Å². The molecule has 3 aromatic rings. The van der Waals surface area contributed by atoms with E-state index in [1.807, 2.05) is 61.5 Å². The third-order valence-corrected chi connectivity index (χ3v) is 4.48. The zero-order valence-corrected chi connectivity index (χ0v) is 16.3. The molecule has 0 saturated heterocycles. The van der Waals surface area contributed by atoms with E-state index in [-0.39, 0.29) is 5.91 Å². The fraction of sp³-hybridized carbons (Fsp3) is 0.182. The van der Waals surface area contributed by atoms with Crippen molar-refractivity contribution in [1.82, 2.24) is 4.98 Å². The lowest BCUT2D eigenvalue weighted by Crippen LogP contribution is -2.15. The highest BCUT2D eigenvalue weighted by Gasteiger charge is 2.12. The van der Waals surface area contributed by atoms with Crippen molar-refractivity contribution in [3.63, 3.8) is 0 Å². The van der Waals surface area contributed by atoms with Crippen LogP contribution in [0.1, 0.15) is 10.4 Å². The summed E-state index contributed by atoms with van der Waals surface area (Å²) in [5.41, 5.74) is 3.12. The minimum Gasteiger partial charge on any atom is -0.486 e. The van der Waals surface area contributed by atoms with Crippen LogP contribution < -0.4 is 25.0 Å². The van der Waals surface area contributed by atoms with Crippen molar-refractivity contribution in [1.29, 1.82) is 0 Å². The van der Waals surface area contributed by atoms with Crippen LogP contribution in [0.4, 0.5) is 22.9 Å². The molecule has 0 spiro atoms. The van der Waals surface area contributed by atoms with Crippen LogP contribution in [0.25, 0.3) is 0 Å². The van der Waals surface area contributed by atoms with Gasteiger partial charge in [-0.2, -0.15) is 0 Å². The quantitative estimate of drug-likeness (QED) is 0.688. The summed E-state index contributed by atoms with van der Waals surface area (Å²) in [5.74, 6) is 1.87. The van der Waals surface area contributed by atoms with E-state index in [0.717, 1.165) is 22.8 Å². The summed E-state index contributed by atoms with van der Waals surface area (Å²) in [5, 5.41) is 6.08. The second-order valence-electron chi connectivity index (χ2n) is 6.81. The Labute approximate surface area is 169 Å². The Bertz CT molecular complexity index is 1000. The van der Waals surface area contributed by atoms with Crippen molar-refractivity contribution in [3.8, 4) is 11.5 Å². The van der Waals surface area contributed by atoms with E-state index in [9.17, 15) is 4.79 Å². The Morgan fingerprint density at radius 1 is 0.931 bits per heavy atom. The van der Waals surface area contributed by atoms with Gasteiger partial charge in [0.05, 0.1) is 5.56 Å². The smallest absolute Gasteiger partial charge is 0.257 e. The van der Waals surface area contributed by atoms with Crippen molar-refractivity contribution < 1.29 is 14.3 Å². The van der Waals surface area contributed by atoms with Crippen molar-refractivity contribution in [2.45, 2.75) is 0 Å². The molecule has 0 aliphatic carbocycles. The summed E-state index contributed by atoms with van der Waals surface area (Å²) in [6.45, 7) is 1.10. The maximum atomic E-state index is 12.5. The van der Waals surface area contributed by atoms with Crippen molar-refractivity contribution in [2.75, 3.05) is 42.8 Å². The van der Waals surface area contributed by atoms with Crippen LogP contribution in [-0.4, -0.2) is 38.2 Å². The molecule has 2 N–H and O–H groups in total. The Morgan fingerprint density at radius 2 is 1.66 bits per heavy atom. The van der Waals surface area contributed by atoms with Crippen LogP contribution in [-0.2, 0) is 0 Å². The van der Waals surface area contributed by atoms with Gasteiger partial charge in [-0.25, -0.2) is 4.98 Å². The number of ether oxygens (including phenoxy) is 2. The number of hydrogen-bond donors (Lipinski definition) is 2. The van der Waals surface area contributed by atoms with Crippen LogP contribution in [0.15, 0.2) is 60.8 Å². The lowest BCUT2D eigenvalue weighted by Gasteiger charge is -2.19. The molecule has 0 saturated carbocycles. The van der Waals surface area contributed by atoms with Gasteiger partial charge in [0.15, 0.2) is 11.5 Å². The number of benzene rings is 2. The summed E-state index contributed by atoms with van der Waals surface area (Å²) in [4.78, 5) is 18.8. The number of hydrogen-bond acceptors (Lipinski definition) is 6. The molecular formula is C22H22N4O3. The second kappa shape index (κ2) is 8.10. The van der Waals surface area contributed by atoms with E-state index >= 15 is 0 Å². The molecule has 0 fully saturated rings.